The summed E-state index contributed by atoms with van der Waals surface area (Å²) in [5, 5.41) is 0. The molecule has 4 fully saturated rings. The first-order chi connectivity index (χ1) is 16.9. The van der Waals surface area contributed by atoms with Crippen LogP contribution >= 0.6 is 0 Å². The average molecular weight is 469 g/mol. The molecule has 4 heteroatoms. The summed E-state index contributed by atoms with van der Waals surface area (Å²) in [6.07, 6.45) is 7.08. The Bertz CT molecular complexity index is 1100. The molecule has 182 valence electrons. The van der Waals surface area contributed by atoms with Crippen LogP contribution in [0, 0.1) is 29.1 Å². The maximum Gasteiger partial charge on any atom is 0.240 e. The van der Waals surface area contributed by atoms with Crippen LogP contribution < -0.4 is 9.80 Å². The van der Waals surface area contributed by atoms with Gasteiger partial charge in [-0.1, -0.05) is 50.2 Å². The van der Waals surface area contributed by atoms with Crippen molar-refractivity contribution in [3.05, 3.63) is 59.7 Å². The van der Waals surface area contributed by atoms with Crippen LogP contribution in [0.5, 0.6) is 0 Å². The number of benzene rings is 2. The van der Waals surface area contributed by atoms with Gasteiger partial charge in [-0.15, -0.1) is 0 Å². The van der Waals surface area contributed by atoms with E-state index in [9.17, 15) is 9.59 Å². The van der Waals surface area contributed by atoms with Crippen molar-refractivity contribution >= 4 is 23.2 Å². The molecular formula is C31H36N2O2. The first-order valence-corrected chi connectivity index (χ1v) is 13.7. The predicted molar refractivity (Wildman–Crippen MR) is 139 cm³/mol. The molecule has 2 aliphatic heterocycles. The zero-order valence-electron chi connectivity index (χ0n) is 21.0. The number of anilines is 2. The first-order valence-electron chi connectivity index (χ1n) is 13.7. The zero-order chi connectivity index (χ0) is 23.9. The summed E-state index contributed by atoms with van der Waals surface area (Å²) >= 11 is 0. The lowest BCUT2D eigenvalue weighted by Crippen LogP contribution is -2.58. The SMILES string of the molecule is CC1CN(C(=O)C(C(=O)N2CC(C)c3ccccc32)C23CC4CC(CC(C4)C2)C3)c2ccccc21. The second kappa shape index (κ2) is 7.69. The highest BCUT2D eigenvalue weighted by Crippen LogP contribution is 2.63. The Morgan fingerprint density at radius 3 is 1.54 bits per heavy atom. The van der Waals surface area contributed by atoms with Gasteiger partial charge in [-0.2, -0.15) is 0 Å². The number of amides is 2. The number of fused-ring (bicyclic) bond motifs is 2. The molecule has 2 heterocycles. The van der Waals surface area contributed by atoms with Gasteiger partial charge in [0.15, 0.2) is 0 Å². The molecule has 2 aromatic carbocycles. The minimum absolute atomic E-state index is 0.0609. The number of hydrogen-bond donors (Lipinski definition) is 0. The van der Waals surface area contributed by atoms with Crippen LogP contribution in [-0.2, 0) is 9.59 Å². The van der Waals surface area contributed by atoms with Crippen LogP contribution in [0.3, 0.4) is 0 Å². The highest BCUT2D eigenvalue weighted by molar-refractivity contribution is 6.14. The Hall–Kier alpha value is -2.62. The van der Waals surface area contributed by atoms with Crippen LogP contribution in [0.4, 0.5) is 11.4 Å². The molecule has 4 nitrogen and oxygen atoms in total. The van der Waals surface area contributed by atoms with Crippen molar-refractivity contribution in [3.63, 3.8) is 0 Å². The first kappa shape index (κ1) is 21.6. The standard InChI is InChI=1S/C31H36N2O2/c1-19-17-32(26-9-5-3-7-24(19)26)29(34)28(31-14-21-11-22(15-31)13-23(12-21)16-31)30(35)33-18-20(2)25-8-4-6-10-27(25)33/h3-10,19-23,28H,11-18H2,1-2H3. The number of nitrogens with zero attached hydrogens (tertiary/aromatic N) is 2. The molecule has 4 bridgehead atoms. The molecule has 0 radical (unpaired) electrons. The quantitative estimate of drug-likeness (QED) is 0.509. The van der Waals surface area contributed by atoms with Gasteiger partial charge in [-0.3, -0.25) is 9.59 Å². The molecule has 2 atom stereocenters. The number of hydrogen-bond acceptors (Lipinski definition) is 2. The Morgan fingerprint density at radius 1 is 0.714 bits per heavy atom. The van der Waals surface area contributed by atoms with Crippen LogP contribution in [0.25, 0.3) is 0 Å². The summed E-state index contributed by atoms with van der Waals surface area (Å²) in [4.78, 5) is 33.2. The Morgan fingerprint density at radius 2 is 1.11 bits per heavy atom. The highest BCUT2D eigenvalue weighted by Gasteiger charge is 2.60. The summed E-state index contributed by atoms with van der Waals surface area (Å²) < 4.78 is 0. The molecule has 8 rings (SSSR count). The van der Waals surface area contributed by atoms with Crippen LogP contribution in [0.15, 0.2) is 48.5 Å². The van der Waals surface area contributed by atoms with Gasteiger partial charge in [0.25, 0.3) is 0 Å². The van der Waals surface area contributed by atoms with Gasteiger partial charge >= 0.3 is 0 Å². The van der Waals surface area contributed by atoms with Gasteiger partial charge in [-0.25, -0.2) is 0 Å². The van der Waals surface area contributed by atoms with Gasteiger partial charge in [0.1, 0.15) is 5.92 Å². The topological polar surface area (TPSA) is 40.6 Å². The summed E-state index contributed by atoms with van der Waals surface area (Å²) in [7, 11) is 0. The monoisotopic (exact) mass is 468 g/mol. The van der Waals surface area contributed by atoms with Crippen molar-refractivity contribution < 1.29 is 9.59 Å². The number of para-hydroxylation sites is 2. The van der Waals surface area contributed by atoms with E-state index in [1.807, 2.05) is 21.9 Å². The molecule has 0 N–H and O–H groups in total. The number of carbonyl (C=O) groups excluding carboxylic acids is 2. The number of rotatable bonds is 3. The van der Waals surface area contributed by atoms with Crippen molar-refractivity contribution in [1.82, 2.24) is 0 Å². The molecule has 35 heavy (non-hydrogen) atoms. The summed E-state index contributed by atoms with van der Waals surface area (Å²) in [5.74, 6) is 2.23. The maximum absolute atomic E-state index is 14.6. The van der Waals surface area contributed by atoms with E-state index in [1.165, 1.54) is 30.4 Å². The molecule has 0 aromatic heterocycles. The normalized spacial score (nSPS) is 35.2. The minimum Gasteiger partial charge on any atom is -0.311 e. The van der Waals surface area contributed by atoms with E-state index >= 15 is 0 Å². The summed E-state index contributed by atoms with van der Waals surface area (Å²) in [5.41, 5.74) is 4.32. The fraction of sp³-hybridized carbons (Fsp3) is 0.548. The maximum atomic E-state index is 14.6. The molecule has 0 spiro atoms. The van der Waals surface area contributed by atoms with Gasteiger partial charge in [0, 0.05) is 36.3 Å². The summed E-state index contributed by atoms with van der Waals surface area (Å²) in [6.45, 7) is 5.76. The van der Waals surface area contributed by atoms with Crippen molar-refractivity contribution in [2.75, 3.05) is 22.9 Å². The molecule has 2 amide bonds. The van der Waals surface area contributed by atoms with Crippen molar-refractivity contribution in [1.29, 1.82) is 0 Å². The third kappa shape index (κ3) is 3.17. The van der Waals surface area contributed by atoms with E-state index in [2.05, 4.69) is 50.2 Å². The third-order valence-electron chi connectivity index (χ3n) is 10.2. The molecule has 2 unspecified atom stereocenters. The smallest absolute Gasteiger partial charge is 0.240 e. The lowest BCUT2D eigenvalue weighted by Gasteiger charge is -2.59. The van der Waals surface area contributed by atoms with Crippen LogP contribution in [0.2, 0.25) is 0 Å². The van der Waals surface area contributed by atoms with E-state index in [0.29, 0.717) is 42.7 Å². The summed E-state index contributed by atoms with van der Waals surface area (Å²) in [6, 6.07) is 16.6. The van der Waals surface area contributed by atoms with Gasteiger partial charge < -0.3 is 9.80 Å². The van der Waals surface area contributed by atoms with Gasteiger partial charge in [0.05, 0.1) is 0 Å². The molecule has 2 aromatic rings. The van der Waals surface area contributed by atoms with Crippen molar-refractivity contribution in [2.45, 2.75) is 64.2 Å². The molecular weight excluding hydrogens is 432 g/mol. The number of carbonyl (C=O) groups is 2. The zero-order valence-corrected chi connectivity index (χ0v) is 21.0. The highest BCUT2D eigenvalue weighted by atomic mass is 16.2. The third-order valence-corrected chi connectivity index (χ3v) is 10.2. The van der Waals surface area contributed by atoms with E-state index in [4.69, 9.17) is 0 Å². The van der Waals surface area contributed by atoms with E-state index < -0.39 is 5.92 Å². The van der Waals surface area contributed by atoms with Gasteiger partial charge in [-0.05, 0) is 85.0 Å². The van der Waals surface area contributed by atoms with Gasteiger partial charge in [0.2, 0.25) is 11.8 Å². The largest absolute Gasteiger partial charge is 0.311 e. The predicted octanol–water partition coefficient (Wildman–Crippen LogP) is 6.12. The average Bonchev–Trinajstić information content (AvgIpc) is 3.36. The van der Waals surface area contributed by atoms with E-state index in [0.717, 1.165) is 30.6 Å². The second-order valence-electron chi connectivity index (χ2n) is 12.5. The van der Waals surface area contributed by atoms with E-state index in [-0.39, 0.29) is 17.2 Å². The fourth-order valence-electron chi connectivity index (χ4n) is 9.13. The molecule has 4 saturated carbocycles. The lowest BCUT2D eigenvalue weighted by molar-refractivity contribution is -0.150. The minimum atomic E-state index is -0.576. The Labute approximate surface area is 208 Å². The molecule has 4 aliphatic carbocycles. The lowest BCUT2D eigenvalue weighted by atomic mass is 9.46. The van der Waals surface area contributed by atoms with E-state index in [1.54, 1.807) is 0 Å². The van der Waals surface area contributed by atoms with Crippen molar-refractivity contribution in [2.24, 2.45) is 29.1 Å². The Balaban J connectivity index is 1.31. The van der Waals surface area contributed by atoms with Crippen molar-refractivity contribution in [3.8, 4) is 0 Å². The molecule has 0 saturated heterocycles. The van der Waals surface area contributed by atoms with Crippen LogP contribution in [0.1, 0.15) is 75.3 Å². The van der Waals surface area contributed by atoms with Crippen LogP contribution in [-0.4, -0.2) is 24.9 Å². The molecule has 6 aliphatic rings. The fourth-order valence-corrected chi connectivity index (χ4v) is 9.13. The second-order valence-corrected chi connectivity index (χ2v) is 12.5. The Kier molecular flexibility index (Phi) is 4.75.